The van der Waals surface area contributed by atoms with Gasteiger partial charge in [-0.05, 0) is 30.9 Å². The lowest BCUT2D eigenvalue weighted by atomic mass is 10.1. The predicted octanol–water partition coefficient (Wildman–Crippen LogP) is 3.69. The highest BCUT2D eigenvalue weighted by Gasteiger charge is 2.56. The number of benzene rings is 1. The van der Waals surface area contributed by atoms with Crippen molar-refractivity contribution < 1.29 is 4.79 Å². The van der Waals surface area contributed by atoms with Crippen molar-refractivity contribution in [1.29, 1.82) is 0 Å². The van der Waals surface area contributed by atoms with Gasteiger partial charge in [-0.25, -0.2) is 0 Å². The Morgan fingerprint density at radius 2 is 2.18 bits per heavy atom. The Kier molecular flexibility index (Phi) is 3.37. The molecular formula is C13H15Cl2NO. The van der Waals surface area contributed by atoms with Gasteiger partial charge >= 0.3 is 0 Å². The maximum absolute atomic E-state index is 11.9. The van der Waals surface area contributed by atoms with Crippen LogP contribution in [0.4, 0.5) is 5.69 Å². The van der Waals surface area contributed by atoms with E-state index in [2.05, 4.69) is 12.2 Å². The average Bonchev–Trinajstić information content (AvgIpc) is 2.91. The second kappa shape index (κ2) is 4.51. The SMILES string of the molecule is CCc1cccc(C)c1NC(=O)C1CC1(Cl)Cl. The zero-order valence-electron chi connectivity index (χ0n) is 9.89. The number of carbonyl (C=O) groups is 1. The lowest BCUT2D eigenvalue weighted by molar-refractivity contribution is -0.117. The van der Waals surface area contributed by atoms with E-state index >= 15 is 0 Å². The number of anilines is 1. The smallest absolute Gasteiger partial charge is 0.230 e. The van der Waals surface area contributed by atoms with Crippen LogP contribution in [0, 0.1) is 12.8 Å². The molecule has 1 saturated carbocycles. The first-order valence-corrected chi connectivity index (χ1v) is 6.48. The molecule has 0 saturated heterocycles. The highest BCUT2D eigenvalue weighted by atomic mass is 35.5. The van der Waals surface area contributed by atoms with Gasteiger partial charge in [0, 0.05) is 5.69 Å². The van der Waals surface area contributed by atoms with Crippen molar-refractivity contribution in [3.63, 3.8) is 0 Å². The number of halogens is 2. The second-order valence-electron chi connectivity index (χ2n) is 4.47. The van der Waals surface area contributed by atoms with Crippen LogP contribution in [-0.4, -0.2) is 10.2 Å². The minimum atomic E-state index is -0.862. The van der Waals surface area contributed by atoms with Gasteiger partial charge in [-0.2, -0.15) is 0 Å². The maximum Gasteiger partial charge on any atom is 0.230 e. The molecule has 4 heteroatoms. The number of hydrogen-bond acceptors (Lipinski definition) is 1. The van der Waals surface area contributed by atoms with Gasteiger partial charge in [0.25, 0.3) is 0 Å². The van der Waals surface area contributed by atoms with E-state index in [0.717, 1.165) is 23.2 Å². The molecule has 1 aromatic carbocycles. The van der Waals surface area contributed by atoms with Crippen LogP contribution in [0.3, 0.4) is 0 Å². The molecule has 17 heavy (non-hydrogen) atoms. The molecule has 0 bridgehead atoms. The Bertz CT molecular complexity index is 457. The van der Waals surface area contributed by atoms with Gasteiger partial charge in [0.15, 0.2) is 0 Å². The molecule has 0 spiro atoms. The topological polar surface area (TPSA) is 29.1 Å². The summed E-state index contributed by atoms with van der Waals surface area (Å²) >= 11 is 11.8. The van der Waals surface area contributed by atoms with E-state index in [4.69, 9.17) is 23.2 Å². The normalized spacial score (nSPS) is 21.1. The van der Waals surface area contributed by atoms with Crippen LogP contribution in [0.2, 0.25) is 0 Å². The minimum Gasteiger partial charge on any atom is -0.325 e. The molecule has 1 amide bonds. The zero-order chi connectivity index (χ0) is 12.6. The summed E-state index contributed by atoms with van der Waals surface area (Å²) < 4.78 is -0.862. The molecule has 1 aliphatic carbocycles. The van der Waals surface area contributed by atoms with E-state index in [9.17, 15) is 4.79 Å². The van der Waals surface area contributed by atoms with E-state index in [1.54, 1.807) is 0 Å². The number of carbonyl (C=O) groups excluding carboxylic acids is 1. The van der Waals surface area contributed by atoms with Crippen molar-refractivity contribution in [3.8, 4) is 0 Å². The summed E-state index contributed by atoms with van der Waals surface area (Å²) in [5.74, 6) is -0.367. The monoisotopic (exact) mass is 271 g/mol. The summed E-state index contributed by atoms with van der Waals surface area (Å²) in [7, 11) is 0. The molecule has 0 aromatic heterocycles. The van der Waals surface area contributed by atoms with Crippen LogP contribution in [-0.2, 0) is 11.2 Å². The van der Waals surface area contributed by atoms with Crippen molar-refractivity contribution >= 4 is 34.8 Å². The molecule has 0 aliphatic heterocycles. The molecule has 2 nitrogen and oxygen atoms in total. The summed E-state index contributed by atoms with van der Waals surface area (Å²) in [6.45, 7) is 4.05. The Morgan fingerprint density at radius 1 is 1.53 bits per heavy atom. The van der Waals surface area contributed by atoms with Gasteiger partial charge in [-0.15, -0.1) is 23.2 Å². The van der Waals surface area contributed by atoms with Crippen molar-refractivity contribution in [2.45, 2.75) is 31.0 Å². The van der Waals surface area contributed by atoms with Crippen LogP contribution in [0.15, 0.2) is 18.2 Å². The third-order valence-electron chi connectivity index (χ3n) is 3.13. The molecule has 2 rings (SSSR count). The minimum absolute atomic E-state index is 0.0843. The average molecular weight is 272 g/mol. The van der Waals surface area contributed by atoms with Crippen LogP contribution in [0.25, 0.3) is 0 Å². The molecule has 1 N–H and O–H groups in total. The van der Waals surface area contributed by atoms with Gasteiger partial charge < -0.3 is 5.32 Å². The van der Waals surface area contributed by atoms with Crippen molar-refractivity contribution in [2.24, 2.45) is 5.92 Å². The summed E-state index contributed by atoms with van der Waals surface area (Å²) in [6, 6.07) is 5.99. The number of hydrogen-bond donors (Lipinski definition) is 1. The third-order valence-corrected chi connectivity index (χ3v) is 3.97. The predicted molar refractivity (Wildman–Crippen MR) is 71.7 cm³/mol. The van der Waals surface area contributed by atoms with Gasteiger partial charge in [-0.1, -0.05) is 25.1 Å². The molecule has 0 radical (unpaired) electrons. The van der Waals surface area contributed by atoms with Crippen LogP contribution >= 0.6 is 23.2 Å². The molecule has 1 fully saturated rings. The second-order valence-corrected chi connectivity index (χ2v) is 6.01. The summed E-state index contributed by atoms with van der Waals surface area (Å²) in [5.41, 5.74) is 3.10. The van der Waals surface area contributed by atoms with Gasteiger partial charge in [0.1, 0.15) is 4.33 Å². The Labute approximate surface area is 111 Å². The number of alkyl halides is 2. The Hall–Kier alpha value is -0.730. The molecule has 1 atom stereocenters. The standard InChI is InChI=1S/C13H15Cl2NO/c1-3-9-6-4-5-8(2)11(9)16-12(17)10-7-13(10,14)15/h4-6,10H,3,7H2,1-2H3,(H,16,17). The van der Waals surface area contributed by atoms with Crippen LogP contribution in [0.5, 0.6) is 0 Å². The fourth-order valence-corrected chi connectivity index (χ4v) is 2.42. The maximum atomic E-state index is 11.9. The lowest BCUT2D eigenvalue weighted by Crippen LogP contribution is -2.18. The number of nitrogens with one attached hydrogen (secondary N) is 1. The van der Waals surface area contributed by atoms with Gasteiger partial charge in [-0.3, -0.25) is 4.79 Å². The number of rotatable bonds is 3. The number of para-hydroxylation sites is 1. The highest BCUT2D eigenvalue weighted by Crippen LogP contribution is 2.53. The summed E-state index contributed by atoms with van der Waals surface area (Å²) in [6.07, 6.45) is 1.42. The fraction of sp³-hybridized carbons (Fsp3) is 0.462. The summed E-state index contributed by atoms with van der Waals surface area (Å²) in [5, 5.41) is 2.94. The van der Waals surface area contributed by atoms with Crippen molar-refractivity contribution in [2.75, 3.05) is 5.32 Å². The summed E-state index contributed by atoms with van der Waals surface area (Å²) in [4.78, 5) is 11.9. The number of amides is 1. The van der Waals surface area contributed by atoms with E-state index in [1.165, 1.54) is 0 Å². The molecule has 92 valence electrons. The van der Waals surface area contributed by atoms with Crippen LogP contribution < -0.4 is 5.32 Å². The largest absolute Gasteiger partial charge is 0.325 e. The third kappa shape index (κ3) is 2.58. The molecule has 0 heterocycles. The van der Waals surface area contributed by atoms with E-state index < -0.39 is 4.33 Å². The fourth-order valence-electron chi connectivity index (χ4n) is 1.91. The first-order valence-electron chi connectivity index (χ1n) is 5.73. The molecule has 1 aromatic rings. The Balaban J connectivity index is 2.16. The van der Waals surface area contributed by atoms with Crippen LogP contribution in [0.1, 0.15) is 24.5 Å². The number of aryl methyl sites for hydroxylation is 2. The van der Waals surface area contributed by atoms with E-state index in [-0.39, 0.29) is 11.8 Å². The first-order chi connectivity index (χ1) is 7.95. The molecular weight excluding hydrogens is 257 g/mol. The molecule has 1 aliphatic rings. The van der Waals surface area contributed by atoms with E-state index in [0.29, 0.717) is 6.42 Å². The quantitative estimate of drug-likeness (QED) is 0.835. The zero-order valence-corrected chi connectivity index (χ0v) is 11.4. The van der Waals surface area contributed by atoms with Gasteiger partial charge in [0.2, 0.25) is 5.91 Å². The van der Waals surface area contributed by atoms with Crippen molar-refractivity contribution in [3.05, 3.63) is 29.3 Å². The highest BCUT2D eigenvalue weighted by molar-refractivity contribution is 6.52. The van der Waals surface area contributed by atoms with E-state index in [1.807, 2.05) is 25.1 Å². The first kappa shape index (κ1) is 12.7. The molecule has 1 unspecified atom stereocenters. The van der Waals surface area contributed by atoms with Crippen molar-refractivity contribution in [1.82, 2.24) is 0 Å². The van der Waals surface area contributed by atoms with Gasteiger partial charge in [0.05, 0.1) is 5.92 Å². The lowest BCUT2D eigenvalue weighted by Gasteiger charge is -2.13. The Morgan fingerprint density at radius 3 is 2.71 bits per heavy atom.